The molecule has 1 atom stereocenters. The number of hydrogen-bond acceptors (Lipinski definition) is 2. The zero-order valence-electron chi connectivity index (χ0n) is 10.1. The van der Waals surface area contributed by atoms with Crippen molar-refractivity contribution in [3.63, 3.8) is 0 Å². The predicted octanol–water partition coefficient (Wildman–Crippen LogP) is 3.07. The molecule has 0 bridgehead atoms. The van der Waals surface area contributed by atoms with Gasteiger partial charge >= 0.3 is 0 Å². The third kappa shape index (κ3) is 4.33. The van der Waals surface area contributed by atoms with E-state index in [9.17, 15) is 9.18 Å². The molecular weight excluding hydrogens is 369 g/mol. The number of halogens is 3. The Bertz CT molecular complexity index is 429. The van der Waals surface area contributed by atoms with Crippen molar-refractivity contribution in [3.05, 3.63) is 34.1 Å². The molecule has 0 heterocycles. The van der Waals surface area contributed by atoms with Gasteiger partial charge in [-0.15, -0.1) is 0 Å². The molecule has 1 unspecified atom stereocenters. The first kappa shape index (κ1) is 15.6. The van der Waals surface area contributed by atoms with Crippen molar-refractivity contribution in [1.82, 2.24) is 4.90 Å². The number of alkyl halides is 1. The molecule has 0 aliphatic heterocycles. The molecular formula is C12H14Br2FNO2. The SMILES string of the molecule is COCC(Br)CN(C)C(=O)c1ccc(Br)c(F)c1. The van der Waals surface area contributed by atoms with Gasteiger partial charge in [-0.3, -0.25) is 4.79 Å². The van der Waals surface area contributed by atoms with Crippen LogP contribution in [-0.2, 0) is 4.74 Å². The number of benzene rings is 1. The predicted molar refractivity (Wildman–Crippen MR) is 75.7 cm³/mol. The minimum absolute atomic E-state index is 0.0525. The Morgan fingerprint density at radius 1 is 1.56 bits per heavy atom. The Balaban J connectivity index is 2.71. The van der Waals surface area contributed by atoms with E-state index < -0.39 is 5.82 Å². The maximum atomic E-state index is 13.3. The Morgan fingerprint density at radius 3 is 2.78 bits per heavy atom. The van der Waals surface area contributed by atoms with Gasteiger partial charge in [0.25, 0.3) is 5.91 Å². The summed E-state index contributed by atoms with van der Waals surface area (Å²) in [5.74, 6) is -0.663. The highest BCUT2D eigenvalue weighted by molar-refractivity contribution is 9.10. The van der Waals surface area contributed by atoms with Crippen LogP contribution in [0.1, 0.15) is 10.4 Å². The molecule has 0 N–H and O–H groups in total. The molecule has 3 nitrogen and oxygen atoms in total. The van der Waals surface area contributed by atoms with E-state index in [1.54, 1.807) is 20.2 Å². The van der Waals surface area contributed by atoms with Gasteiger partial charge in [0.1, 0.15) is 5.82 Å². The Morgan fingerprint density at radius 2 is 2.22 bits per heavy atom. The lowest BCUT2D eigenvalue weighted by Crippen LogP contribution is -2.33. The number of ether oxygens (including phenoxy) is 1. The van der Waals surface area contributed by atoms with Crippen molar-refractivity contribution >= 4 is 37.8 Å². The van der Waals surface area contributed by atoms with E-state index in [1.165, 1.54) is 17.0 Å². The molecule has 1 amide bonds. The standard InChI is InChI=1S/C12H14Br2FNO2/c1-16(6-9(13)7-18-2)12(17)8-3-4-10(14)11(15)5-8/h3-5,9H,6-7H2,1-2H3. The molecule has 0 saturated carbocycles. The van der Waals surface area contributed by atoms with Crippen molar-refractivity contribution in [2.75, 3.05) is 27.3 Å². The lowest BCUT2D eigenvalue weighted by atomic mass is 10.2. The van der Waals surface area contributed by atoms with Crippen LogP contribution in [0.3, 0.4) is 0 Å². The Kier molecular flexibility index (Phi) is 6.25. The first-order valence-electron chi connectivity index (χ1n) is 5.29. The quantitative estimate of drug-likeness (QED) is 0.732. The van der Waals surface area contributed by atoms with Crippen molar-refractivity contribution in [2.24, 2.45) is 0 Å². The maximum Gasteiger partial charge on any atom is 0.253 e. The molecule has 18 heavy (non-hydrogen) atoms. The number of hydrogen-bond donors (Lipinski definition) is 0. The molecule has 1 rings (SSSR count). The van der Waals surface area contributed by atoms with Gasteiger partial charge in [-0.05, 0) is 34.1 Å². The average Bonchev–Trinajstić information content (AvgIpc) is 2.32. The van der Waals surface area contributed by atoms with Crippen molar-refractivity contribution in [2.45, 2.75) is 4.83 Å². The molecule has 0 aliphatic rings. The fourth-order valence-electron chi connectivity index (χ4n) is 1.46. The lowest BCUT2D eigenvalue weighted by Gasteiger charge is -2.20. The highest BCUT2D eigenvalue weighted by atomic mass is 79.9. The third-order valence-electron chi connectivity index (χ3n) is 2.33. The molecule has 0 aromatic heterocycles. The summed E-state index contributed by atoms with van der Waals surface area (Å²) in [6.45, 7) is 0.997. The smallest absolute Gasteiger partial charge is 0.253 e. The van der Waals surface area contributed by atoms with E-state index >= 15 is 0 Å². The van der Waals surface area contributed by atoms with E-state index in [4.69, 9.17) is 4.74 Å². The summed E-state index contributed by atoms with van der Waals surface area (Å²) in [6, 6.07) is 4.34. The fraction of sp³-hybridized carbons (Fsp3) is 0.417. The van der Waals surface area contributed by atoms with Crippen LogP contribution in [-0.4, -0.2) is 42.9 Å². The number of amides is 1. The summed E-state index contributed by atoms with van der Waals surface area (Å²) in [6.07, 6.45) is 0. The minimum Gasteiger partial charge on any atom is -0.383 e. The highest BCUT2D eigenvalue weighted by Gasteiger charge is 2.16. The van der Waals surface area contributed by atoms with Crippen LogP contribution in [0.15, 0.2) is 22.7 Å². The maximum absolute atomic E-state index is 13.3. The Labute approximate surface area is 123 Å². The van der Waals surface area contributed by atoms with Gasteiger partial charge in [-0.25, -0.2) is 4.39 Å². The summed E-state index contributed by atoms with van der Waals surface area (Å²) < 4.78 is 18.7. The second-order valence-electron chi connectivity index (χ2n) is 3.87. The molecule has 1 aromatic carbocycles. The van der Waals surface area contributed by atoms with Gasteiger partial charge in [0.05, 0.1) is 15.9 Å². The second-order valence-corrected chi connectivity index (χ2v) is 6.02. The highest BCUT2D eigenvalue weighted by Crippen LogP contribution is 2.17. The summed E-state index contributed by atoms with van der Waals surface area (Å²) >= 11 is 6.46. The van der Waals surface area contributed by atoms with Gasteiger partial charge < -0.3 is 9.64 Å². The van der Waals surface area contributed by atoms with Crippen LogP contribution in [0.2, 0.25) is 0 Å². The molecule has 0 aliphatic carbocycles. The van der Waals surface area contributed by atoms with Crippen LogP contribution in [0, 0.1) is 5.82 Å². The summed E-state index contributed by atoms with van der Waals surface area (Å²) in [5.41, 5.74) is 0.329. The van der Waals surface area contributed by atoms with Crippen molar-refractivity contribution in [1.29, 1.82) is 0 Å². The zero-order chi connectivity index (χ0) is 13.7. The average molecular weight is 383 g/mol. The Hall–Kier alpha value is -0.460. The van der Waals surface area contributed by atoms with Gasteiger partial charge in [0.2, 0.25) is 0 Å². The van der Waals surface area contributed by atoms with E-state index in [0.29, 0.717) is 23.2 Å². The van der Waals surface area contributed by atoms with E-state index in [1.807, 2.05) is 0 Å². The van der Waals surface area contributed by atoms with Crippen LogP contribution in [0.25, 0.3) is 0 Å². The second kappa shape index (κ2) is 7.21. The summed E-state index contributed by atoms with van der Waals surface area (Å²) in [7, 11) is 3.27. The topological polar surface area (TPSA) is 29.5 Å². The third-order valence-corrected chi connectivity index (χ3v) is 3.53. The minimum atomic E-state index is -0.443. The van der Waals surface area contributed by atoms with Gasteiger partial charge in [-0.2, -0.15) is 0 Å². The molecule has 1 aromatic rings. The number of methoxy groups -OCH3 is 1. The van der Waals surface area contributed by atoms with Crippen molar-refractivity contribution < 1.29 is 13.9 Å². The first-order valence-corrected chi connectivity index (χ1v) is 7.00. The molecule has 0 saturated heterocycles. The number of rotatable bonds is 5. The summed E-state index contributed by atoms with van der Waals surface area (Å²) in [4.78, 5) is 13.6. The van der Waals surface area contributed by atoms with Crippen molar-refractivity contribution in [3.8, 4) is 0 Å². The zero-order valence-corrected chi connectivity index (χ0v) is 13.3. The van der Waals surface area contributed by atoms with Crippen LogP contribution in [0.5, 0.6) is 0 Å². The van der Waals surface area contributed by atoms with Crippen LogP contribution in [0.4, 0.5) is 4.39 Å². The van der Waals surface area contributed by atoms with E-state index in [-0.39, 0.29) is 10.7 Å². The molecule has 100 valence electrons. The molecule has 0 radical (unpaired) electrons. The lowest BCUT2D eigenvalue weighted by molar-refractivity contribution is 0.0783. The van der Waals surface area contributed by atoms with Gasteiger partial charge in [0.15, 0.2) is 0 Å². The summed E-state index contributed by atoms with van der Waals surface area (Å²) in [5, 5.41) is 0. The number of carbonyl (C=O) groups excluding carboxylic acids is 1. The molecule has 0 fully saturated rings. The monoisotopic (exact) mass is 381 g/mol. The van der Waals surface area contributed by atoms with Gasteiger partial charge in [0, 0.05) is 26.3 Å². The molecule has 0 spiro atoms. The van der Waals surface area contributed by atoms with Crippen LogP contribution >= 0.6 is 31.9 Å². The largest absolute Gasteiger partial charge is 0.383 e. The van der Waals surface area contributed by atoms with E-state index in [0.717, 1.165) is 0 Å². The first-order chi connectivity index (χ1) is 8.45. The number of nitrogens with zero attached hydrogens (tertiary/aromatic N) is 1. The van der Waals surface area contributed by atoms with Crippen LogP contribution < -0.4 is 0 Å². The molecule has 6 heteroatoms. The van der Waals surface area contributed by atoms with Gasteiger partial charge in [-0.1, -0.05) is 15.9 Å². The normalized spacial score (nSPS) is 12.3. The number of carbonyl (C=O) groups is 1. The van der Waals surface area contributed by atoms with E-state index in [2.05, 4.69) is 31.9 Å². The fourth-order valence-corrected chi connectivity index (χ4v) is 2.41.